The van der Waals surface area contributed by atoms with Crippen LogP contribution in [-0.4, -0.2) is 23.2 Å². The van der Waals surface area contributed by atoms with Gasteiger partial charge in [-0.05, 0) is 25.0 Å². The molecule has 0 aliphatic rings. The molecule has 2 N–H and O–H groups in total. The van der Waals surface area contributed by atoms with Crippen molar-refractivity contribution in [1.29, 1.82) is 0 Å². The first-order chi connectivity index (χ1) is 9.34. The first kappa shape index (κ1) is 15.1. The maximum Gasteiger partial charge on any atom is 0.273 e. The summed E-state index contributed by atoms with van der Waals surface area (Å²) in [6, 6.07) is 5.70. The van der Waals surface area contributed by atoms with E-state index in [1.165, 1.54) is 4.57 Å². The maximum atomic E-state index is 11.5. The van der Waals surface area contributed by atoms with Gasteiger partial charge in [0, 0.05) is 16.6 Å². The molecule has 6 nitrogen and oxygen atoms in total. The van der Waals surface area contributed by atoms with E-state index in [1.54, 1.807) is 0 Å². The number of primary sulfonamides is 1. The number of aromatic nitrogens is 3. The minimum absolute atomic E-state index is 0.203. The molecule has 0 saturated carbocycles. The van der Waals surface area contributed by atoms with Crippen molar-refractivity contribution in [3.8, 4) is 11.4 Å². The van der Waals surface area contributed by atoms with Crippen molar-refractivity contribution >= 4 is 26.0 Å². The molecule has 0 fully saturated rings. The Morgan fingerprint density at radius 1 is 1.35 bits per heavy atom. The predicted molar refractivity (Wildman–Crippen MR) is 79.6 cm³/mol. The van der Waals surface area contributed by atoms with Crippen LogP contribution < -0.4 is 5.14 Å². The van der Waals surface area contributed by atoms with E-state index >= 15 is 0 Å². The van der Waals surface area contributed by atoms with E-state index in [-0.39, 0.29) is 5.16 Å². The van der Waals surface area contributed by atoms with Crippen LogP contribution in [0.5, 0.6) is 0 Å². The van der Waals surface area contributed by atoms with Crippen molar-refractivity contribution < 1.29 is 8.42 Å². The number of nitrogens with zero attached hydrogens (tertiary/aromatic N) is 3. The number of benzene rings is 1. The van der Waals surface area contributed by atoms with E-state index in [0.29, 0.717) is 12.4 Å². The Balaban J connectivity index is 2.62. The van der Waals surface area contributed by atoms with Crippen LogP contribution in [0.1, 0.15) is 18.9 Å². The highest BCUT2D eigenvalue weighted by Gasteiger charge is 2.21. The second kappa shape index (κ2) is 5.63. The maximum absolute atomic E-state index is 11.5. The average molecular weight is 359 g/mol. The van der Waals surface area contributed by atoms with Crippen LogP contribution in [0.4, 0.5) is 0 Å². The molecule has 0 aliphatic carbocycles. The van der Waals surface area contributed by atoms with Gasteiger partial charge in [0.25, 0.3) is 15.2 Å². The van der Waals surface area contributed by atoms with Crippen LogP contribution in [0, 0.1) is 6.92 Å². The van der Waals surface area contributed by atoms with Crippen molar-refractivity contribution in [3.05, 3.63) is 28.2 Å². The highest BCUT2D eigenvalue weighted by molar-refractivity contribution is 9.10. The van der Waals surface area contributed by atoms with E-state index in [9.17, 15) is 8.42 Å². The van der Waals surface area contributed by atoms with Crippen LogP contribution in [0.3, 0.4) is 0 Å². The van der Waals surface area contributed by atoms with Gasteiger partial charge in [0.15, 0.2) is 5.82 Å². The Labute approximate surface area is 126 Å². The zero-order chi connectivity index (χ0) is 14.9. The Morgan fingerprint density at radius 3 is 2.60 bits per heavy atom. The van der Waals surface area contributed by atoms with Crippen molar-refractivity contribution in [2.75, 3.05) is 0 Å². The quantitative estimate of drug-likeness (QED) is 0.905. The molecule has 1 aromatic carbocycles. The fraction of sp³-hybridized carbons (Fsp3) is 0.333. The summed E-state index contributed by atoms with van der Waals surface area (Å²) in [5.41, 5.74) is 1.88. The third-order valence-electron chi connectivity index (χ3n) is 2.85. The Bertz CT molecular complexity index is 740. The first-order valence-corrected chi connectivity index (χ1v) is 8.41. The van der Waals surface area contributed by atoms with Crippen molar-refractivity contribution in [1.82, 2.24) is 14.8 Å². The molecule has 0 saturated heterocycles. The molecule has 8 heteroatoms. The Kier molecular flexibility index (Phi) is 4.26. The smallest absolute Gasteiger partial charge is 0.273 e. The average Bonchev–Trinajstić information content (AvgIpc) is 2.77. The van der Waals surface area contributed by atoms with Gasteiger partial charge in [0.05, 0.1) is 0 Å². The fourth-order valence-corrected chi connectivity index (χ4v) is 2.89. The van der Waals surface area contributed by atoms with E-state index in [1.807, 2.05) is 32.0 Å². The van der Waals surface area contributed by atoms with Gasteiger partial charge >= 0.3 is 0 Å². The molecular weight excluding hydrogens is 344 g/mol. The number of halogens is 1. The van der Waals surface area contributed by atoms with Crippen molar-refractivity contribution in [3.63, 3.8) is 0 Å². The predicted octanol–water partition coefficient (Wildman–Crippen LogP) is 2.07. The van der Waals surface area contributed by atoms with E-state index in [4.69, 9.17) is 5.14 Å². The van der Waals surface area contributed by atoms with E-state index < -0.39 is 10.0 Å². The van der Waals surface area contributed by atoms with Gasteiger partial charge in [-0.25, -0.2) is 13.6 Å². The van der Waals surface area contributed by atoms with Crippen LogP contribution in [-0.2, 0) is 16.6 Å². The standard InChI is InChI=1S/C12H15BrN4O2S/c1-3-6-17-11(15-16-12(17)20(14,18)19)9-5-4-8(2)10(13)7-9/h4-5,7H,3,6H2,1-2H3,(H2,14,18,19). The third kappa shape index (κ3) is 2.92. The number of hydrogen-bond donors (Lipinski definition) is 1. The Morgan fingerprint density at radius 2 is 2.05 bits per heavy atom. The van der Waals surface area contributed by atoms with Crippen LogP contribution in [0.25, 0.3) is 11.4 Å². The van der Waals surface area contributed by atoms with Crippen molar-refractivity contribution in [2.45, 2.75) is 32.0 Å². The number of nitrogens with two attached hydrogens (primary N) is 1. The number of aryl methyl sites for hydroxylation is 1. The number of rotatable bonds is 4. The van der Waals surface area contributed by atoms with Crippen LogP contribution in [0.15, 0.2) is 27.8 Å². The summed E-state index contributed by atoms with van der Waals surface area (Å²) in [6.07, 6.45) is 0.751. The Hall–Kier alpha value is -1.25. The molecule has 0 unspecified atom stereocenters. The minimum atomic E-state index is -3.88. The van der Waals surface area contributed by atoms with Gasteiger partial charge in [0.1, 0.15) is 0 Å². The molecule has 0 amide bonds. The van der Waals surface area contributed by atoms with Gasteiger partial charge in [-0.2, -0.15) is 0 Å². The molecule has 108 valence electrons. The molecule has 0 aliphatic heterocycles. The summed E-state index contributed by atoms with van der Waals surface area (Å²) in [5.74, 6) is 0.497. The number of hydrogen-bond acceptors (Lipinski definition) is 4. The number of sulfonamides is 1. The van der Waals surface area contributed by atoms with Crippen LogP contribution in [0.2, 0.25) is 0 Å². The SMILES string of the molecule is CCCn1c(-c2ccc(C)c(Br)c2)nnc1S(N)(=O)=O. The third-order valence-corrected chi connectivity index (χ3v) is 4.51. The molecule has 20 heavy (non-hydrogen) atoms. The normalized spacial score (nSPS) is 11.8. The molecule has 0 bridgehead atoms. The lowest BCUT2D eigenvalue weighted by atomic mass is 10.1. The van der Waals surface area contributed by atoms with Gasteiger partial charge in [-0.3, -0.25) is 4.57 Å². The highest BCUT2D eigenvalue weighted by Crippen LogP contribution is 2.25. The minimum Gasteiger partial charge on any atom is -0.297 e. The molecule has 0 spiro atoms. The summed E-state index contributed by atoms with van der Waals surface area (Å²) in [7, 11) is -3.88. The van der Waals surface area contributed by atoms with E-state index in [2.05, 4.69) is 26.1 Å². The highest BCUT2D eigenvalue weighted by atomic mass is 79.9. The van der Waals surface area contributed by atoms with Crippen molar-refractivity contribution in [2.24, 2.45) is 5.14 Å². The largest absolute Gasteiger partial charge is 0.297 e. The zero-order valence-corrected chi connectivity index (χ0v) is 13.6. The molecule has 1 aromatic heterocycles. The lowest BCUT2D eigenvalue weighted by molar-refractivity contribution is 0.559. The lowest BCUT2D eigenvalue weighted by Gasteiger charge is -2.08. The summed E-state index contributed by atoms with van der Waals surface area (Å²) in [5, 5.41) is 12.7. The zero-order valence-electron chi connectivity index (χ0n) is 11.2. The summed E-state index contributed by atoms with van der Waals surface area (Å²) in [6.45, 7) is 4.40. The summed E-state index contributed by atoms with van der Waals surface area (Å²) in [4.78, 5) is 0. The lowest BCUT2D eigenvalue weighted by Crippen LogP contribution is -2.19. The monoisotopic (exact) mass is 358 g/mol. The van der Waals surface area contributed by atoms with E-state index in [0.717, 1.165) is 22.0 Å². The fourth-order valence-electron chi connectivity index (χ4n) is 1.87. The second-order valence-corrected chi connectivity index (χ2v) is 6.78. The van der Waals surface area contributed by atoms with Gasteiger partial charge in [-0.1, -0.05) is 35.0 Å². The molecule has 2 rings (SSSR count). The topological polar surface area (TPSA) is 90.9 Å². The van der Waals surface area contributed by atoms with Gasteiger partial charge in [0.2, 0.25) is 0 Å². The molecule has 0 radical (unpaired) electrons. The van der Waals surface area contributed by atoms with Crippen LogP contribution >= 0.6 is 15.9 Å². The second-order valence-electron chi connectivity index (χ2n) is 4.47. The van der Waals surface area contributed by atoms with Gasteiger partial charge < -0.3 is 0 Å². The molecule has 1 heterocycles. The molecular formula is C12H15BrN4O2S. The van der Waals surface area contributed by atoms with Gasteiger partial charge in [-0.15, -0.1) is 10.2 Å². The molecule has 0 atom stereocenters. The summed E-state index contributed by atoms with van der Waals surface area (Å²) >= 11 is 3.45. The molecule has 2 aromatic rings. The first-order valence-electron chi connectivity index (χ1n) is 6.07. The summed E-state index contributed by atoms with van der Waals surface area (Å²) < 4.78 is 25.5.